The summed E-state index contributed by atoms with van der Waals surface area (Å²) >= 11 is 0. The van der Waals surface area contributed by atoms with Gasteiger partial charge in [0.1, 0.15) is 0 Å². The maximum atomic E-state index is 10.8. The molecule has 82 valence electrons. The molecule has 15 heavy (non-hydrogen) atoms. The van der Waals surface area contributed by atoms with Crippen LogP contribution in [0.1, 0.15) is 26.3 Å². The molecule has 1 amide bonds. The van der Waals surface area contributed by atoms with Crippen molar-refractivity contribution >= 4 is 11.8 Å². The number of amides is 1. The Bertz CT molecular complexity index is 366. The number of anilines is 1. The van der Waals surface area contributed by atoms with Crippen LogP contribution in [0, 0.1) is 0 Å². The smallest absolute Gasteiger partial charge is 0.411 e. The number of carboxylic acid groups (broad SMARTS) is 1. The highest BCUT2D eigenvalue weighted by Crippen LogP contribution is 2.25. The second kappa shape index (κ2) is 3.93. The summed E-state index contributed by atoms with van der Waals surface area (Å²) in [6.07, 6.45) is -0.943. The first-order valence-electron chi connectivity index (χ1n) is 4.89. The van der Waals surface area contributed by atoms with Crippen molar-refractivity contribution in [1.29, 1.82) is 0 Å². The molecule has 0 atom stereocenters. The lowest BCUT2D eigenvalue weighted by Crippen LogP contribution is -2.24. The van der Waals surface area contributed by atoms with Gasteiger partial charge in [-0.15, -0.1) is 0 Å². The fourth-order valence-corrected chi connectivity index (χ4v) is 1.29. The summed E-state index contributed by atoms with van der Waals surface area (Å²) < 4.78 is 0. The first-order chi connectivity index (χ1) is 6.82. The van der Waals surface area contributed by atoms with Crippen LogP contribution in [-0.2, 0) is 5.41 Å². The van der Waals surface area contributed by atoms with Crippen LogP contribution in [0.15, 0.2) is 24.3 Å². The van der Waals surface area contributed by atoms with Gasteiger partial charge < -0.3 is 5.11 Å². The summed E-state index contributed by atoms with van der Waals surface area (Å²) in [6, 6.07) is 7.60. The van der Waals surface area contributed by atoms with E-state index in [0.717, 1.165) is 5.56 Å². The molecular formula is C12H17NO2. The highest BCUT2D eigenvalue weighted by atomic mass is 16.4. The van der Waals surface area contributed by atoms with E-state index >= 15 is 0 Å². The average molecular weight is 207 g/mol. The van der Waals surface area contributed by atoms with E-state index in [0.29, 0.717) is 5.69 Å². The van der Waals surface area contributed by atoms with Gasteiger partial charge in [0.25, 0.3) is 0 Å². The minimum Gasteiger partial charge on any atom is -0.465 e. The largest absolute Gasteiger partial charge is 0.465 e. The normalized spacial score (nSPS) is 11.2. The quantitative estimate of drug-likeness (QED) is 0.768. The van der Waals surface area contributed by atoms with Crippen LogP contribution in [0.25, 0.3) is 0 Å². The Morgan fingerprint density at radius 3 is 2.40 bits per heavy atom. The first kappa shape index (κ1) is 11.6. The topological polar surface area (TPSA) is 40.5 Å². The van der Waals surface area contributed by atoms with Crippen molar-refractivity contribution in [1.82, 2.24) is 0 Å². The fourth-order valence-electron chi connectivity index (χ4n) is 1.29. The molecule has 3 heteroatoms. The van der Waals surface area contributed by atoms with Crippen LogP contribution in [0.4, 0.5) is 10.5 Å². The van der Waals surface area contributed by atoms with Gasteiger partial charge in [0, 0.05) is 12.7 Å². The third kappa shape index (κ3) is 2.72. The molecule has 0 aliphatic heterocycles. The van der Waals surface area contributed by atoms with E-state index < -0.39 is 6.09 Å². The molecule has 1 aromatic rings. The minimum absolute atomic E-state index is 0.0371. The summed E-state index contributed by atoms with van der Waals surface area (Å²) in [5.41, 5.74) is 1.87. The molecule has 0 heterocycles. The van der Waals surface area contributed by atoms with Gasteiger partial charge >= 0.3 is 6.09 Å². The van der Waals surface area contributed by atoms with Crippen LogP contribution < -0.4 is 4.90 Å². The van der Waals surface area contributed by atoms with Gasteiger partial charge in [0.2, 0.25) is 0 Å². The molecule has 0 unspecified atom stereocenters. The maximum Gasteiger partial charge on any atom is 0.411 e. The van der Waals surface area contributed by atoms with Gasteiger partial charge in [-0.25, -0.2) is 4.79 Å². The number of nitrogens with zero attached hydrogens (tertiary/aromatic N) is 1. The van der Waals surface area contributed by atoms with Gasteiger partial charge in [0.15, 0.2) is 0 Å². The minimum atomic E-state index is -0.943. The summed E-state index contributed by atoms with van der Waals surface area (Å²) in [4.78, 5) is 12.0. The molecule has 0 spiro atoms. The van der Waals surface area contributed by atoms with E-state index in [1.54, 1.807) is 13.1 Å². The van der Waals surface area contributed by atoms with Crippen LogP contribution in [0.2, 0.25) is 0 Å². The summed E-state index contributed by atoms with van der Waals surface area (Å²) in [7, 11) is 1.55. The summed E-state index contributed by atoms with van der Waals surface area (Å²) in [5.74, 6) is 0. The van der Waals surface area contributed by atoms with Gasteiger partial charge in [-0.05, 0) is 23.1 Å². The molecular weight excluding hydrogens is 190 g/mol. The Hall–Kier alpha value is -1.51. The van der Waals surface area contributed by atoms with E-state index in [-0.39, 0.29) is 5.41 Å². The van der Waals surface area contributed by atoms with Gasteiger partial charge in [0.05, 0.1) is 0 Å². The third-order valence-corrected chi connectivity index (χ3v) is 2.39. The monoisotopic (exact) mass is 207 g/mol. The third-order valence-electron chi connectivity index (χ3n) is 2.39. The Morgan fingerprint density at radius 2 is 1.93 bits per heavy atom. The lowest BCUT2D eigenvalue weighted by atomic mass is 9.87. The molecule has 0 aromatic heterocycles. The highest BCUT2D eigenvalue weighted by Gasteiger charge is 2.15. The highest BCUT2D eigenvalue weighted by molar-refractivity contribution is 5.85. The van der Waals surface area contributed by atoms with Gasteiger partial charge in [-0.1, -0.05) is 32.9 Å². The molecule has 0 bridgehead atoms. The van der Waals surface area contributed by atoms with E-state index in [4.69, 9.17) is 5.11 Å². The van der Waals surface area contributed by atoms with Gasteiger partial charge in [-0.2, -0.15) is 0 Å². The lowest BCUT2D eigenvalue weighted by molar-refractivity contribution is 0.203. The molecule has 0 saturated carbocycles. The predicted octanol–water partition coefficient (Wildman–Crippen LogP) is 3.10. The number of benzene rings is 1. The lowest BCUT2D eigenvalue weighted by Gasteiger charge is -2.21. The second-order valence-corrected chi connectivity index (χ2v) is 4.64. The second-order valence-electron chi connectivity index (χ2n) is 4.64. The molecule has 0 fully saturated rings. The van der Waals surface area contributed by atoms with Crippen molar-refractivity contribution in [3.63, 3.8) is 0 Å². The van der Waals surface area contributed by atoms with E-state index in [1.165, 1.54) is 4.90 Å². The average Bonchev–Trinajstić information content (AvgIpc) is 2.15. The standard InChI is InChI=1S/C12H17NO2/c1-12(2,3)9-6-5-7-10(8-9)13(4)11(14)15/h5-8H,1-4H3,(H,14,15). The molecule has 0 radical (unpaired) electrons. The molecule has 1 N–H and O–H groups in total. The van der Waals surface area contributed by atoms with E-state index in [1.807, 2.05) is 18.2 Å². The van der Waals surface area contributed by atoms with Crippen LogP contribution in [0.5, 0.6) is 0 Å². The van der Waals surface area contributed by atoms with Crippen LogP contribution >= 0.6 is 0 Å². The Kier molecular flexibility index (Phi) is 3.03. The Morgan fingerprint density at radius 1 is 1.33 bits per heavy atom. The zero-order valence-corrected chi connectivity index (χ0v) is 9.61. The number of hydrogen-bond acceptors (Lipinski definition) is 1. The first-order valence-corrected chi connectivity index (χ1v) is 4.89. The van der Waals surface area contributed by atoms with Crippen molar-refractivity contribution in [2.75, 3.05) is 11.9 Å². The molecule has 0 saturated heterocycles. The molecule has 0 aliphatic rings. The Balaban J connectivity index is 3.08. The van der Waals surface area contributed by atoms with Crippen molar-refractivity contribution in [3.8, 4) is 0 Å². The molecule has 0 aliphatic carbocycles. The van der Waals surface area contributed by atoms with Crippen molar-refractivity contribution < 1.29 is 9.90 Å². The van der Waals surface area contributed by atoms with Crippen molar-refractivity contribution in [3.05, 3.63) is 29.8 Å². The summed E-state index contributed by atoms with van der Waals surface area (Å²) in [6.45, 7) is 6.31. The predicted molar refractivity (Wildman–Crippen MR) is 61.6 cm³/mol. The number of hydrogen-bond donors (Lipinski definition) is 1. The van der Waals surface area contributed by atoms with E-state index in [9.17, 15) is 4.79 Å². The van der Waals surface area contributed by atoms with Crippen LogP contribution in [0.3, 0.4) is 0 Å². The summed E-state index contributed by atoms with van der Waals surface area (Å²) in [5, 5.41) is 8.86. The Labute approximate surface area is 90.3 Å². The molecule has 1 aromatic carbocycles. The van der Waals surface area contributed by atoms with Gasteiger partial charge in [-0.3, -0.25) is 4.90 Å². The van der Waals surface area contributed by atoms with Crippen molar-refractivity contribution in [2.45, 2.75) is 26.2 Å². The van der Waals surface area contributed by atoms with Crippen LogP contribution in [-0.4, -0.2) is 18.2 Å². The zero-order valence-electron chi connectivity index (χ0n) is 9.61. The zero-order chi connectivity index (χ0) is 11.6. The van der Waals surface area contributed by atoms with E-state index in [2.05, 4.69) is 20.8 Å². The molecule has 3 nitrogen and oxygen atoms in total. The number of rotatable bonds is 1. The molecule has 1 rings (SSSR count). The maximum absolute atomic E-state index is 10.8. The number of carbonyl (C=O) groups is 1. The fraction of sp³-hybridized carbons (Fsp3) is 0.417. The van der Waals surface area contributed by atoms with Crippen molar-refractivity contribution in [2.24, 2.45) is 0 Å². The SMILES string of the molecule is CN(C(=O)O)c1cccc(C(C)(C)C)c1.